The number of aromatic nitrogens is 1. The fourth-order valence-corrected chi connectivity index (χ4v) is 3.79. The van der Waals surface area contributed by atoms with Gasteiger partial charge >= 0.3 is 0 Å². The first-order chi connectivity index (χ1) is 10.2. The summed E-state index contributed by atoms with van der Waals surface area (Å²) >= 11 is 0. The molecule has 2 fully saturated rings. The van der Waals surface area contributed by atoms with Crippen molar-refractivity contribution >= 4 is 17.3 Å². The normalized spacial score (nSPS) is 25.3. The first-order valence-electron chi connectivity index (χ1n) is 7.80. The van der Waals surface area contributed by atoms with E-state index < -0.39 is 0 Å². The molecule has 1 aliphatic carbocycles. The van der Waals surface area contributed by atoms with Gasteiger partial charge in [-0.3, -0.25) is 10.1 Å². The van der Waals surface area contributed by atoms with E-state index in [1.54, 1.807) is 13.1 Å². The molecule has 0 radical (unpaired) electrons. The third kappa shape index (κ3) is 2.80. The molecule has 2 atom stereocenters. The Morgan fingerprint density at radius 3 is 2.81 bits per heavy atom. The predicted molar refractivity (Wildman–Crippen MR) is 82.8 cm³/mol. The monoisotopic (exact) mass is 290 g/mol. The summed E-state index contributed by atoms with van der Waals surface area (Å²) in [5.74, 6) is 2.05. The third-order valence-corrected chi connectivity index (χ3v) is 4.80. The van der Waals surface area contributed by atoms with Gasteiger partial charge in [-0.05, 0) is 31.6 Å². The van der Waals surface area contributed by atoms with E-state index >= 15 is 0 Å². The van der Waals surface area contributed by atoms with Gasteiger partial charge in [-0.2, -0.15) is 0 Å². The number of piperidine rings is 1. The van der Waals surface area contributed by atoms with Gasteiger partial charge in [0.15, 0.2) is 0 Å². The predicted octanol–water partition coefficient (Wildman–Crippen LogP) is 3.19. The maximum Gasteiger partial charge on any atom is 0.276 e. The molecule has 0 unspecified atom stereocenters. The quantitative estimate of drug-likeness (QED) is 0.683. The lowest BCUT2D eigenvalue weighted by Gasteiger charge is -2.44. The third-order valence-electron chi connectivity index (χ3n) is 4.80. The second kappa shape index (κ2) is 5.87. The van der Waals surface area contributed by atoms with Gasteiger partial charge in [0.05, 0.1) is 17.1 Å². The van der Waals surface area contributed by atoms with Crippen LogP contribution in [0.1, 0.15) is 38.5 Å². The van der Waals surface area contributed by atoms with Crippen LogP contribution in [0.2, 0.25) is 0 Å². The summed E-state index contributed by atoms with van der Waals surface area (Å²) in [5, 5.41) is 14.0. The fourth-order valence-electron chi connectivity index (χ4n) is 3.79. The summed E-state index contributed by atoms with van der Waals surface area (Å²) in [6.07, 6.45) is 7.49. The van der Waals surface area contributed by atoms with E-state index in [4.69, 9.17) is 0 Å². The molecule has 0 bridgehead atoms. The molecule has 6 heteroatoms. The Balaban J connectivity index is 1.94. The van der Waals surface area contributed by atoms with E-state index in [9.17, 15) is 10.1 Å². The lowest BCUT2D eigenvalue weighted by Crippen LogP contribution is -2.47. The Kier molecular flexibility index (Phi) is 3.94. The van der Waals surface area contributed by atoms with E-state index in [0.29, 0.717) is 11.9 Å². The fraction of sp³-hybridized carbons (Fsp3) is 0.667. The van der Waals surface area contributed by atoms with E-state index in [-0.39, 0.29) is 10.6 Å². The molecule has 3 rings (SSSR count). The number of fused-ring (bicyclic) bond motifs is 1. The van der Waals surface area contributed by atoms with Crippen LogP contribution in [0, 0.1) is 16.0 Å². The summed E-state index contributed by atoms with van der Waals surface area (Å²) < 4.78 is 0. The number of pyridine rings is 1. The van der Waals surface area contributed by atoms with Gasteiger partial charge in [-0.25, -0.2) is 4.98 Å². The Hall–Kier alpha value is -1.85. The SMILES string of the molecule is CNc1cc([N+](=O)[O-])cc(N2CCC[C@H]3CCCC[C@H]32)n1. The molecule has 1 saturated heterocycles. The highest BCUT2D eigenvalue weighted by Gasteiger charge is 2.34. The standard InChI is InChI=1S/C15H22N4O2/c1-16-14-9-12(19(20)21)10-15(17-14)18-8-4-6-11-5-2-3-7-13(11)18/h9-11,13H,2-8H2,1H3,(H,16,17)/t11-,13-/m1/s1. The van der Waals surface area contributed by atoms with Crippen molar-refractivity contribution in [3.8, 4) is 0 Å². The maximum absolute atomic E-state index is 11.1. The summed E-state index contributed by atoms with van der Waals surface area (Å²) in [5.41, 5.74) is 0.113. The van der Waals surface area contributed by atoms with Crippen LogP contribution in [0.3, 0.4) is 0 Å². The van der Waals surface area contributed by atoms with Crippen LogP contribution in [0.5, 0.6) is 0 Å². The summed E-state index contributed by atoms with van der Waals surface area (Å²) in [4.78, 5) is 17.6. The summed E-state index contributed by atoms with van der Waals surface area (Å²) in [6.45, 7) is 0.957. The molecular weight excluding hydrogens is 268 g/mol. The largest absolute Gasteiger partial charge is 0.373 e. The molecule has 1 saturated carbocycles. The minimum Gasteiger partial charge on any atom is -0.373 e. The molecule has 0 spiro atoms. The Morgan fingerprint density at radius 2 is 2.05 bits per heavy atom. The van der Waals surface area contributed by atoms with Crippen LogP contribution in [0.15, 0.2) is 12.1 Å². The van der Waals surface area contributed by atoms with Crippen LogP contribution in [-0.4, -0.2) is 29.5 Å². The van der Waals surface area contributed by atoms with Gasteiger partial charge in [0.2, 0.25) is 0 Å². The van der Waals surface area contributed by atoms with Gasteiger partial charge in [0.1, 0.15) is 11.6 Å². The van der Waals surface area contributed by atoms with Crippen molar-refractivity contribution in [2.45, 2.75) is 44.6 Å². The topological polar surface area (TPSA) is 71.3 Å². The highest BCUT2D eigenvalue weighted by molar-refractivity contribution is 5.56. The number of rotatable bonds is 3. The van der Waals surface area contributed by atoms with E-state index in [1.807, 2.05) is 0 Å². The minimum absolute atomic E-state index is 0.113. The average Bonchev–Trinajstić information content (AvgIpc) is 2.53. The molecular formula is C15H22N4O2. The zero-order valence-corrected chi connectivity index (χ0v) is 12.4. The molecule has 114 valence electrons. The lowest BCUT2D eigenvalue weighted by atomic mass is 9.78. The molecule has 1 aromatic rings. The van der Waals surface area contributed by atoms with E-state index in [1.165, 1.54) is 38.2 Å². The average molecular weight is 290 g/mol. The van der Waals surface area contributed by atoms with Crippen LogP contribution in [0.25, 0.3) is 0 Å². The smallest absolute Gasteiger partial charge is 0.276 e. The molecule has 1 aromatic heterocycles. The number of hydrogen-bond donors (Lipinski definition) is 1. The maximum atomic E-state index is 11.1. The molecule has 1 N–H and O–H groups in total. The van der Waals surface area contributed by atoms with Crippen LogP contribution in [0.4, 0.5) is 17.3 Å². The highest BCUT2D eigenvalue weighted by Crippen LogP contribution is 2.38. The second-order valence-electron chi connectivity index (χ2n) is 6.02. The van der Waals surface area contributed by atoms with Crippen molar-refractivity contribution in [2.75, 3.05) is 23.8 Å². The molecule has 0 amide bonds. The van der Waals surface area contributed by atoms with Crippen LogP contribution >= 0.6 is 0 Å². The van der Waals surface area contributed by atoms with Gasteiger partial charge in [-0.1, -0.05) is 12.8 Å². The van der Waals surface area contributed by atoms with E-state index in [2.05, 4.69) is 15.2 Å². The summed E-state index contributed by atoms with van der Waals surface area (Å²) in [7, 11) is 1.75. The highest BCUT2D eigenvalue weighted by atomic mass is 16.6. The van der Waals surface area contributed by atoms with Crippen molar-refractivity contribution in [1.82, 2.24) is 4.98 Å². The first-order valence-corrected chi connectivity index (χ1v) is 7.80. The molecule has 2 heterocycles. The zero-order chi connectivity index (χ0) is 14.8. The van der Waals surface area contributed by atoms with Gasteiger partial charge in [0.25, 0.3) is 5.69 Å². The number of nitro groups is 1. The number of hydrogen-bond acceptors (Lipinski definition) is 5. The van der Waals surface area contributed by atoms with Crippen molar-refractivity contribution in [3.63, 3.8) is 0 Å². The molecule has 21 heavy (non-hydrogen) atoms. The van der Waals surface area contributed by atoms with Gasteiger partial charge in [-0.15, -0.1) is 0 Å². The Labute approximate surface area is 124 Å². The van der Waals surface area contributed by atoms with Crippen molar-refractivity contribution in [1.29, 1.82) is 0 Å². The Morgan fingerprint density at radius 1 is 1.29 bits per heavy atom. The van der Waals surface area contributed by atoms with Crippen molar-refractivity contribution < 1.29 is 4.92 Å². The number of anilines is 2. The lowest BCUT2D eigenvalue weighted by molar-refractivity contribution is -0.384. The second-order valence-corrected chi connectivity index (χ2v) is 6.02. The summed E-state index contributed by atoms with van der Waals surface area (Å²) in [6, 6.07) is 3.62. The molecule has 6 nitrogen and oxygen atoms in total. The number of nitrogens with zero attached hydrogens (tertiary/aromatic N) is 3. The van der Waals surface area contributed by atoms with Gasteiger partial charge < -0.3 is 10.2 Å². The molecule has 0 aromatic carbocycles. The Bertz CT molecular complexity index is 532. The molecule has 1 aliphatic heterocycles. The zero-order valence-electron chi connectivity index (χ0n) is 12.4. The van der Waals surface area contributed by atoms with Crippen LogP contribution < -0.4 is 10.2 Å². The minimum atomic E-state index is -0.339. The number of nitrogens with one attached hydrogen (secondary N) is 1. The first kappa shape index (κ1) is 14.1. The molecule has 2 aliphatic rings. The van der Waals surface area contributed by atoms with Crippen molar-refractivity contribution in [2.24, 2.45) is 5.92 Å². The van der Waals surface area contributed by atoms with Gasteiger partial charge in [0, 0.05) is 19.6 Å². The van der Waals surface area contributed by atoms with E-state index in [0.717, 1.165) is 24.7 Å². The van der Waals surface area contributed by atoms with Crippen LogP contribution in [-0.2, 0) is 0 Å². The van der Waals surface area contributed by atoms with Crippen molar-refractivity contribution in [3.05, 3.63) is 22.2 Å².